The van der Waals surface area contributed by atoms with Crippen molar-refractivity contribution in [1.29, 1.82) is 0 Å². The summed E-state index contributed by atoms with van der Waals surface area (Å²) in [5.41, 5.74) is 1.14. The summed E-state index contributed by atoms with van der Waals surface area (Å²) < 4.78 is 0. The fourth-order valence-electron chi connectivity index (χ4n) is 1.14. The largest absolute Gasteiger partial charge is 0.189 e. The average molecular weight is 209 g/mol. The first-order valence-corrected chi connectivity index (χ1v) is 4.78. The zero-order valence-electron chi connectivity index (χ0n) is 7.47. The molecule has 0 radical (unpaired) electrons. The molecule has 1 heterocycles. The van der Waals surface area contributed by atoms with E-state index in [1.165, 1.54) is 4.80 Å². The number of tetrazole rings is 1. The summed E-state index contributed by atoms with van der Waals surface area (Å²) in [4.78, 5) is 1.53. The number of hydrogen-bond acceptors (Lipinski definition) is 3. The lowest BCUT2D eigenvalue weighted by molar-refractivity contribution is 0.571. The maximum absolute atomic E-state index is 5.56. The summed E-state index contributed by atoms with van der Waals surface area (Å²) in [5.74, 6) is 0.858. The van der Waals surface area contributed by atoms with Gasteiger partial charge in [-0.3, -0.25) is 0 Å². The Balaban J connectivity index is 2.11. The Bertz CT molecular complexity index is 398. The highest BCUT2D eigenvalue weighted by Gasteiger charge is 2.00. The van der Waals surface area contributed by atoms with E-state index in [9.17, 15) is 0 Å². The molecule has 0 aliphatic carbocycles. The molecule has 0 N–H and O–H groups in total. The van der Waals surface area contributed by atoms with Crippen molar-refractivity contribution in [3.05, 3.63) is 41.7 Å². The highest BCUT2D eigenvalue weighted by molar-refractivity contribution is 6.16. The Hall–Kier alpha value is -1.42. The molecule has 0 saturated carbocycles. The van der Waals surface area contributed by atoms with Crippen LogP contribution in [0.1, 0.15) is 11.4 Å². The van der Waals surface area contributed by atoms with Crippen molar-refractivity contribution in [2.45, 2.75) is 12.4 Å². The van der Waals surface area contributed by atoms with E-state index in [4.69, 9.17) is 11.6 Å². The molecule has 0 bridgehead atoms. The van der Waals surface area contributed by atoms with Crippen LogP contribution in [-0.4, -0.2) is 20.2 Å². The van der Waals surface area contributed by atoms with Crippen LogP contribution in [-0.2, 0) is 12.4 Å². The molecule has 72 valence electrons. The number of nitrogens with zero attached hydrogens (tertiary/aromatic N) is 4. The second kappa shape index (κ2) is 4.19. The van der Waals surface area contributed by atoms with Gasteiger partial charge < -0.3 is 0 Å². The molecule has 0 fully saturated rings. The summed E-state index contributed by atoms with van der Waals surface area (Å²) in [5, 5.41) is 11.7. The predicted molar refractivity (Wildman–Crippen MR) is 52.9 cm³/mol. The molecule has 0 saturated heterocycles. The molecule has 0 spiro atoms. The fraction of sp³-hybridized carbons (Fsp3) is 0.222. The van der Waals surface area contributed by atoms with Gasteiger partial charge in [0.05, 0.1) is 12.4 Å². The molecule has 2 rings (SSSR count). The molecule has 1 aromatic heterocycles. The average Bonchev–Trinajstić information content (AvgIpc) is 2.67. The third-order valence-electron chi connectivity index (χ3n) is 1.78. The third kappa shape index (κ3) is 2.09. The molecular weight excluding hydrogens is 200 g/mol. The normalized spacial score (nSPS) is 10.4. The van der Waals surface area contributed by atoms with E-state index in [-0.39, 0.29) is 0 Å². The van der Waals surface area contributed by atoms with Crippen molar-refractivity contribution in [3.8, 4) is 0 Å². The molecule has 4 nitrogen and oxygen atoms in total. The second-order valence-corrected chi connectivity index (χ2v) is 3.12. The summed E-state index contributed by atoms with van der Waals surface area (Å²) in [7, 11) is 0. The van der Waals surface area contributed by atoms with Crippen molar-refractivity contribution >= 4 is 11.6 Å². The smallest absolute Gasteiger partial charge is 0.160 e. The van der Waals surface area contributed by atoms with Gasteiger partial charge in [-0.2, -0.15) is 4.80 Å². The summed E-state index contributed by atoms with van der Waals surface area (Å²) in [6, 6.07) is 9.97. The minimum atomic E-state index is 0.300. The second-order valence-electron chi connectivity index (χ2n) is 2.86. The number of hydrogen-bond donors (Lipinski definition) is 0. The van der Waals surface area contributed by atoms with Crippen molar-refractivity contribution < 1.29 is 0 Å². The van der Waals surface area contributed by atoms with Crippen molar-refractivity contribution in [1.82, 2.24) is 20.2 Å². The third-order valence-corrected chi connectivity index (χ3v) is 2.02. The van der Waals surface area contributed by atoms with E-state index in [1.807, 2.05) is 30.3 Å². The van der Waals surface area contributed by atoms with E-state index in [1.54, 1.807) is 0 Å². The highest BCUT2D eigenvalue weighted by atomic mass is 35.5. The summed E-state index contributed by atoms with van der Waals surface area (Å²) >= 11 is 5.56. The minimum absolute atomic E-state index is 0.300. The molecule has 0 aliphatic rings. The van der Waals surface area contributed by atoms with E-state index in [2.05, 4.69) is 15.4 Å². The van der Waals surface area contributed by atoms with Gasteiger partial charge in [-0.05, 0) is 10.8 Å². The zero-order valence-corrected chi connectivity index (χ0v) is 8.22. The van der Waals surface area contributed by atoms with Crippen LogP contribution in [0.5, 0.6) is 0 Å². The van der Waals surface area contributed by atoms with Gasteiger partial charge in [0.1, 0.15) is 0 Å². The lowest BCUT2D eigenvalue weighted by atomic mass is 10.2. The van der Waals surface area contributed by atoms with Gasteiger partial charge in [0, 0.05) is 0 Å². The molecular formula is C9H9ClN4. The standard InChI is InChI=1S/C9H9ClN4/c10-6-9-11-13-14(12-9)7-8-4-2-1-3-5-8/h1-5H,6-7H2. The van der Waals surface area contributed by atoms with E-state index < -0.39 is 0 Å². The Morgan fingerprint density at radius 1 is 1.21 bits per heavy atom. The molecule has 2 aromatic rings. The van der Waals surface area contributed by atoms with E-state index in [0.717, 1.165) is 5.56 Å². The first-order valence-electron chi connectivity index (χ1n) is 4.25. The zero-order chi connectivity index (χ0) is 9.80. The number of benzene rings is 1. The maximum atomic E-state index is 5.56. The SMILES string of the molecule is ClCc1nnn(Cc2ccccc2)n1. The molecule has 0 aliphatic heterocycles. The number of aromatic nitrogens is 4. The molecule has 0 atom stereocenters. The van der Waals surface area contributed by atoms with Crippen LogP contribution >= 0.6 is 11.6 Å². The van der Waals surface area contributed by atoms with Gasteiger partial charge >= 0.3 is 0 Å². The Kier molecular flexibility index (Phi) is 2.74. The van der Waals surface area contributed by atoms with E-state index in [0.29, 0.717) is 18.2 Å². The Morgan fingerprint density at radius 3 is 2.64 bits per heavy atom. The van der Waals surface area contributed by atoms with Crippen molar-refractivity contribution in [3.63, 3.8) is 0 Å². The van der Waals surface area contributed by atoms with Crippen LogP contribution in [0.3, 0.4) is 0 Å². The van der Waals surface area contributed by atoms with Gasteiger partial charge in [0.25, 0.3) is 0 Å². The Labute approximate surface area is 86.5 Å². The van der Waals surface area contributed by atoms with Gasteiger partial charge in [0.2, 0.25) is 0 Å². The molecule has 1 aromatic carbocycles. The fourth-order valence-corrected chi connectivity index (χ4v) is 1.25. The minimum Gasteiger partial charge on any atom is -0.160 e. The van der Waals surface area contributed by atoms with Crippen LogP contribution in [0.2, 0.25) is 0 Å². The lowest BCUT2D eigenvalue weighted by Gasteiger charge is -1.97. The van der Waals surface area contributed by atoms with Gasteiger partial charge in [-0.1, -0.05) is 30.3 Å². The van der Waals surface area contributed by atoms with Gasteiger partial charge in [-0.15, -0.1) is 21.8 Å². The van der Waals surface area contributed by atoms with Crippen molar-refractivity contribution in [2.75, 3.05) is 0 Å². The van der Waals surface area contributed by atoms with Crippen LogP contribution in [0, 0.1) is 0 Å². The van der Waals surface area contributed by atoms with Crippen LogP contribution in [0.25, 0.3) is 0 Å². The number of alkyl halides is 1. The Morgan fingerprint density at radius 2 is 2.00 bits per heavy atom. The van der Waals surface area contributed by atoms with Crippen molar-refractivity contribution in [2.24, 2.45) is 0 Å². The van der Waals surface area contributed by atoms with Crippen LogP contribution in [0.4, 0.5) is 0 Å². The molecule has 0 unspecified atom stereocenters. The first-order chi connectivity index (χ1) is 6.88. The molecule has 5 heteroatoms. The van der Waals surface area contributed by atoms with Crippen LogP contribution in [0.15, 0.2) is 30.3 Å². The number of rotatable bonds is 3. The number of halogens is 1. The van der Waals surface area contributed by atoms with Crippen LogP contribution < -0.4 is 0 Å². The lowest BCUT2D eigenvalue weighted by Crippen LogP contribution is -2.03. The first kappa shape index (κ1) is 9.15. The van der Waals surface area contributed by atoms with Gasteiger partial charge in [-0.25, -0.2) is 0 Å². The highest BCUT2D eigenvalue weighted by Crippen LogP contribution is 2.00. The van der Waals surface area contributed by atoms with E-state index >= 15 is 0 Å². The quantitative estimate of drug-likeness (QED) is 0.718. The monoisotopic (exact) mass is 208 g/mol. The topological polar surface area (TPSA) is 43.6 Å². The molecule has 0 amide bonds. The maximum Gasteiger partial charge on any atom is 0.189 e. The predicted octanol–water partition coefficient (Wildman–Crippen LogP) is 1.46. The summed E-state index contributed by atoms with van der Waals surface area (Å²) in [6.45, 7) is 0.630. The van der Waals surface area contributed by atoms with Gasteiger partial charge in [0.15, 0.2) is 5.82 Å². The molecule has 14 heavy (non-hydrogen) atoms. The summed E-state index contributed by atoms with van der Waals surface area (Å²) in [6.07, 6.45) is 0.